The van der Waals surface area contributed by atoms with Crippen molar-refractivity contribution in [2.24, 2.45) is 0 Å². The minimum Gasteiger partial charge on any atom is -0.334 e. The molecule has 0 radical (unpaired) electrons. The number of likely N-dealkylation sites (tertiary alicyclic amines) is 1. The van der Waals surface area contributed by atoms with Crippen LogP contribution in [0.3, 0.4) is 0 Å². The average molecular weight is 336 g/mol. The van der Waals surface area contributed by atoms with Crippen molar-refractivity contribution in [2.45, 2.75) is 44.2 Å². The molecule has 0 aliphatic carbocycles. The summed E-state index contributed by atoms with van der Waals surface area (Å²) in [5, 5.41) is 0. The number of rotatable bonds is 2. The topological polar surface area (TPSA) is 57.7 Å². The van der Waals surface area contributed by atoms with Crippen LogP contribution in [0.4, 0.5) is 0 Å². The highest BCUT2D eigenvalue weighted by Crippen LogP contribution is 2.31. The summed E-state index contributed by atoms with van der Waals surface area (Å²) in [6.07, 6.45) is 5.70. The Balaban J connectivity index is 1.89. The van der Waals surface area contributed by atoms with Crippen LogP contribution in [0.2, 0.25) is 0 Å². The number of sulfonamides is 1. The van der Waals surface area contributed by atoms with Crippen LogP contribution in [0, 0.1) is 0 Å². The number of fused-ring (bicyclic) bond motifs is 1. The van der Waals surface area contributed by atoms with Crippen molar-refractivity contribution < 1.29 is 13.2 Å². The first kappa shape index (κ1) is 16.5. The highest BCUT2D eigenvalue weighted by molar-refractivity contribution is 7.88. The fraction of sp³-hybridized carbons (Fsp3) is 0.588. The third kappa shape index (κ3) is 3.43. The Morgan fingerprint density at radius 2 is 1.70 bits per heavy atom. The van der Waals surface area contributed by atoms with E-state index < -0.39 is 10.0 Å². The van der Waals surface area contributed by atoms with E-state index in [9.17, 15) is 13.2 Å². The third-order valence-electron chi connectivity index (χ3n) is 4.95. The quantitative estimate of drug-likeness (QED) is 0.831. The molecular weight excluding hydrogens is 312 g/mol. The zero-order valence-electron chi connectivity index (χ0n) is 13.5. The van der Waals surface area contributed by atoms with Crippen molar-refractivity contribution in [3.63, 3.8) is 0 Å². The van der Waals surface area contributed by atoms with Gasteiger partial charge in [-0.2, -0.15) is 4.31 Å². The normalized spacial score (nSPS) is 26.4. The first-order chi connectivity index (χ1) is 11.0. The van der Waals surface area contributed by atoms with Crippen molar-refractivity contribution in [3.8, 4) is 0 Å². The first-order valence-electron chi connectivity index (χ1n) is 8.31. The van der Waals surface area contributed by atoms with Crippen LogP contribution in [0.1, 0.15) is 42.5 Å². The Morgan fingerprint density at radius 3 is 2.39 bits per heavy atom. The van der Waals surface area contributed by atoms with Gasteiger partial charge in [-0.15, -0.1) is 0 Å². The van der Waals surface area contributed by atoms with Gasteiger partial charge in [0.2, 0.25) is 10.0 Å². The van der Waals surface area contributed by atoms with Gasteiger partial charge in [0.05, 0.1) is 6.26 Å². The second-order valence-electron chi connectivity index (χ2n) is 6.51. The molecule has 0 aromatic heterocycles. The summed E-state index contributed by atoms with van der Waals surface area (Å²) in [7, 11) is -3.24. The zero-order chi connectivity index (χ0) is 16.4. The summed E-state index contributed by atoms with van der Waals surface area (Å²) >= 11 is 0. The monoisotopic (exact) mass is 336 g/mol. The molecule has 6 heteroatoms. The minimum atomic E-state index is -3.24. The SMILES string of the molecule is CS(=O)(=O)N1CCCC[C@@H]2[C@H]1CCCN2C(=O)c1ccccc1. The second kappa shape index (κ2) is 6.61. The summed E-state index contributed by atoms with van der Waals surface area (Å²) in [6.45, 7) is 1.29. The highest BCUT2D eigenvalue weighted by Gasteiger charge is 2.41. The molecule has 2 saturated heterocycles. The van der Waals surface area contributed by atoms with Gasteiger partial charge >= 0.3 is 0 Å². The molecule has 0 saturated carbocycles. The lowest BCUT2D eigenvalue weighted by Crippen LogP contribution is -2.57. The molecule has 2 atom stereocenters. The average Bonchev–Trinajstić information content (AvgIpc) is 2.77. The van der Waals surface area contributed by atoms with Crippen LogP contribution >= 0.6 is 0 Å². The summed E-state index contributed by atoms with van der Waals surface area (Å²) in [4.78, 5) is 14.8. The van der Waals surface area contributed by atoms with Crippen LogP contribution in [0.25, 0.3) is 0 Å². The highest BCUT2D eigenvalue weighted by atomic mass is 32.2. The maximum atomic E-state index is 12.9. The Morgan fingerprint density at radius 1 is 1.00 bits per heavy atom. The van der Waals surface area contributed by atoms with Crippen LogP contribution in [0.15, 0.2) is 30.3 Å². The van der Waals surface area contributed by atoms with Crippen LogP contribution < -0.4 is 0 Å². The molecule has 126 valence electrons. The molecule has 2 fully saturated rings. The van der Waals surface area contributed by atoms with Gasteiger partial charge in [-0.25, -0.2) is 8.42 Å². The molecule has 5 nitrogen and oxygen atoms in total. The molecule has 0 N–H and O–H groups in total. The fourth-order valence-corrected chi connectivity index (χ4v) is 5.12. The predicted octanol–water partition coefficient (Wildman–Crippen LogP) is 2.11. The standard InChI is InChI=1S/C17H24N2O3S/c1-23(21,22)19-13-6-5-10-15-16(19)11-7-12-18(15)17(20)14-8-3-2-4-9-14/h2-4,8-9,15-16H,5-7,10-13H2,1H3/t15-,16-/m1/s1. The second-order valence-corrected chi connectivity index (χ2v) is 8.45. The molecule has 2 heterocycles. The van der Waals surface area contributed by atoms with E-state index in [1.807, 2.05) is 35.2 Å². The van der Waals surface area contributed by atoms with Gasteiger partial charge in [-0.1, -0.05) is 24.6 Å². The van der Waals surface area contributed by atoms with Crippen molar-refractivity contribution in [1.82, 2.24) is 9.21 Å². The van der Waals surface area contributed by atoms with Crippen molar-refractivity contribution >= 4 is 15.9 Å². The smallest absolute Gasteiger partial charge is 0.254 e. The van der Waals surface area contributed by atoms with Crippen LogP contribution in [-0.4, -0.2) is 55.0 Å². The van der Waals surface area contributed by atoms with Gasteiger partial charge in [0.1, 0.15) is 0 Å². The Hall–Kier alpha value is -1.40. The zero-order valence-corrected chi connectivity index (χ0v) is 14.3. The van der Waals surface area contributed by atoms with Crippen LogP contribution in [0.5, 0.6) is 0 Å². The van der Waals surface area contributed by atoms with Gasteiger partial charge in [0, 0.05) is 30.7 Å². The molecule has 0 bridgehead atoms. The number of hydrogen-bond acceptors (Lipinski definition) is 3. The summed E-state index contributed by atoms with van der Waals surface area (Å²) in [5.41, 5.74) is 0.684. The summed E-state index contributed by atoms with van der Waals surface area (Å²) < 4.78 is 26.0. The van der Waals surface area contributed by atoms with E-state index in [-0.39, 0.29) is 18.0 Å². The minimum absolute atomic E-state index is 0.00585. The molecule has 2 aliphatic heterocycles. The molecule has 1 aromatic rings. The van der Waals surface area contributed by atoms with E-state index in [1.165, 1.54) is 6.26 Å². The van der Waals surface area contributed by atoms with Crippen LogP contribution in [-0.2, 0) is 10.0 Å². The Kier molecular flexibility index (Phi) is 4.73. The van der Waals surface area contributed by atoms with Gasteiger partial charge in [0.15, 0.2) is 0 Å². The fourth-order valence-electron chi connectivity index (χ4n) is 3.92. The molecule has 2 aliphatic rings. The van der Waals surface area contributed by atoms with E-state index in [0.29, 0.717) is 18.7 Å². The molecule has 1 amide bonds. The number of piperidine rings is 1. The third-order valence-corrected chi connectivity index (χ3v) is 6.25. The maximum Gasteiger partial charge on any atom is 0.254 e. The van der Waals surface area contributed by atoms with Crippen molar-refractivity contribution in [3.05, 3.63) is 35.9 Å². The first-order valence-corrected chi connectivity index (χ1v) is 10.2. The molecule has 3 rings (SSSR count). The summed E-state index contributed by atoms with van der Waals surface area (Å²) in [5.74, 6) is 0.0238. The number of hydrogen-bond donors (Lipinski definition) is 0. The molecule has 0 spiro atoms. The number of nitrogens with zero attached hydrogens (tertiary/aromatic N) is 2. The largest absolute Gasteiger partial charge is 0.334 e. The van der Waals surface area contributed by atoms with E-state index in [4.69, 9.17) is 0 Å². The van der Waals surface area contributed by atoms with Gasteiger partial charge in [-0.3, -0.25) is 4.79 Å². The van der Waals surface area contributed by atoms with E-state index in [0.717, 1.165) is 32.1 Å². The van der Waals surface area contributed by atoms with E-state index in [2.05, 4.69) is 0 Å². The Bertz CT molecular complexity index is 660. The van der Waals surface area contributed by atoms with Crippen molar-refractivity contribution in [1.29, 1.82) is 0 Å². The Labute approximate surface area is 138 Å². The number of carbonyl (C=O) groups excluding carboxylic acids is 1. The maximum absolute atomic E-state index is 12.9. The predicted molar refractivity (Wildman–Crippen MR) is 89.7 cm³/mol. The molecule has 0 unspecified atom stereocenters. The van der Waals surface area contributed by atoms with Crippen molar-refractivity contribution in [2.75, 3.05) is 19.3 Å². The van der Waals surface area contributed by atoms with Gasteiger partial charge < -0.3 is 4.90 Å². The van der Waals surface area contributed by atoms with Gasteiger partial charge in [-0.05, 0) is 37.8 Å². The van der Waals surface area contributed by atoms with Gasteiger partial charge in [0.25, 0.3) is 5.91 Å². The van der Waals surface area contributed by atoms with E-state index in [1.54, 1.807) is 4.31 Å². The lowest BCUT2D eigenvalue weighted by molar-refractivity contribution is 0.0470. The lowest BCUT2D eigenvalue weighted by Gasteiger charge is -2.44. The molecular formula is C17H24N2O3S. The molecule has 1 aromatic carbocycles. The number of benzene rings is 1. The lowest BCUT2D eigenvalue weighted by atomic mass is 9.92. The van der Waals surface area contributed by atoms with E-state index >= 15 is 0 Å². The summed E-state index contributed by atoms with van der Waals surface area (Å²) in [6, 6.07) is 9.21. The number of carbonyl (C=O) groups is 1. The number of amides is 1. The molecule has 23 heavy (non-hydrogen) atoms.